The zero-order valence-corrected chi connectivity index (χ0v) is 14.9. The van der Waals surface area contributed by atoms with Gasteiger partial charge in [0, 0.05) is 12.7 Å². The standard InChI is InChI=1S/C19H21NO6/c1-19(2)13-9-11(5-4-8-26-3)6-7-12(13)16(23)15(17(19)24)18(25)20-10-14(21)22/h4-7,9,15H,8,10H2,1-3H3,(H,20,25)(H,21,22)/b5-4+. The largest absolute Gasteiger partial charge is 0.480 e. The number of hydrogen-bond donors (Lipinski definition) is 2. The second-order valence-electron chi connectivity index (χ2n) is 6.56. The number of methoxy groups -OCH3 is 1. The molecule has 0 spiro atoms. The van der Waals surface area contributed by atoms with Gasteiger partial charge in [-0.25, -0.2) is 0 Å². The van der Waals surface area contributed by atoms with Gasteiger partial charge in [-0.15, -0.1) is 0 Å². The molecule has 0 bridgehead atoms. The predicted octanol–water partition coefficient (Wildman–Crippen LogP) is 1.21. The molecule has 1 amide bonds. The number of rotatable bonds is 6. The first-order chi connectivity index (χ1) is 12.2. The molecule has 7 heteroatoms. The van der Waals surface area contributed by atoms with Crippen molar-refractivity contribution in [1.29, 1.82) is 0 Å². The van der Waals surface area contributed by atoms with Gasteiger partial charge in [0.05, 0.1) is 12.0 Å². The summed E-state index contributed by atoms with van der Waals surface area (Å²) in [4.78, 5) is 48.4. The van der Waals surface area contributed by atoms with Crippen molar-refractivity contribution in [2.75, 3.05) is 20.3 Å². The fraction of sp³-hybridized carbons (Fsp3) is 0.368. The summed E-state index contributed by atoms with van der Waals surface area (Å²) < 4.78 is 4.95. The van der Waals surface area contributed by atoms with Gasteiger partial charge in [-0.3, -0.25) is 19.2 Å². The number of carbonyl (C=O) groups is 4. The highest BCUT2D eigenvalue weighted by molar-refractivity contribution is 6.29. The van der Waals surface area contributed by atoms with Crippen molar-refractivity contribution in [3.63, 3.8) is 0 Å². The molecule has 2 N–H and O–H groups in total. The van der Waals surface area contributed by atoms with E-state index in [0.717, 1.165) is 5.56 Å². The van der Waals surface area contributed by atoms with Gasteiger partial charge in [-0.05, 0) is 25.0 Å². The summed E-state index contributed by atoms with van der Waals surface area (Å²) >= 11 is 0. The third kappa shape index (κ3) is 3.72. The Hall–Kier alpha value is -2.80. The van der Waals surface area contributed by atoms with Gasteiger partial charge >= 0.3 is 5.97 Å². The van der Waals surface area contributed by atoms with E-state index in [4.69, 9.17) is 9.84 Å². The highest BCUT2D eigenvalue weighted by Gasteiger charge is 2.49. The van der Waals surface area contributed by atoms with Crippen LogP contribution in [0.25, 0.3) is 6.08 Å². The average molecular weight is 359 g/mol. The number of ketones is 2. The van der Waals surface area contributed by atoms with E-state index in [-0.39, 0.29) is 0 Å². The molecule has 2 rings (SSSR count). The minimum atomic E-state index is -1.54. The lowest BCUT2D eigenvalue weighted by atomic mass is 9.66. The number of carboxylic acids is 1. The van der Waals surface area contributed by atoms with Crippen LogP contribution in [0.3, 0.4) is 0 Å². The maximum absolute atomic E-state index is 12.8. The first-order valence-corrected chi connectivity index (χ1v) is 8.08. The second-order valence-corrected chi connectivity index (χ2v) is 6.56. The van der Waals surface area contributed by atoms with Crippen molar-refractivity contribution in [2.24, 2.45) is 5.92 Å². The number of aliphatic carboxylic acids is 1. The maximum Gasteiger partial charge on any atom is 0.322 e. The summed E-state index contributed by atoms with van der Waals surface area (Å²) in [6.07, 6.45) is 3.63. The molecule has 26 heavy (non-hydrogen) atoms. The van der Waals surface area contributed by atoms with Crippen LogP contribution in [0.1, 0.15) is 35.3 Å². The molecule has 1 aliphatic carbocycles. The van der Waals surface area contributed by atoms with E-state index in [2.05, 4.69) is 5.32 Å². The molecule has 0 fully saturated rings. The van der Waals surface area contributed by atoms with E-state index < -0.39 is 41.3 Å². The molecule has 1 atom stereocenters. The Labute approximate surface area is 151 Å². The van der Waals surface area contributed by atoms with Gasteiger partial charge in [0.2, 0.25) is 5.91 Å². The number of benzene rings is 1. The van der Waals surface area contributed by atoms with E-state index in [1.807, 2.05) is 12.2 Å². The molecule has 138 valence electrons. The smallest absolute Gasteiger partial charge is 0.322 e. The molecule has 0 heterocycles. The summed E-state index contributed by atoms with van der Waals surface area (Å²) in [6.45, 7) is 3.10. The third-order valence-corrected chi connectivity index (χ3v) is 4.37. The molecule has 0 saturated heterocycles. The molecule has 1 aromatic carbocycles. The normalized spacial score (nSPS) is 18.7. The molecular weight excluding hydrogens is 338 g/mol. The lowest BCUT2D eigenvalue weighted by molar-refractivity contribution is -0.140. The first-order valence-electron chi connectivity index (χ1n) is 8.08. The fourth-order valence-electron chi connectivity index (χ4n) is 2.95. The van der Waals surface area contributed by atoms with Crippen molar-refractivity contribution < 1.29 is 29.0 Å². The van der Waals surface area contributed by atoms with Crippen LogP contribution in [0.4, 0.5) is 0 Å². The molecule has 1 unspecified atom stereocenters. The summed E-state index contributed by atoms with van der Waals surface area (Å²) in [5.41, 5.74) is 0.603. The van der Waals surface area contributed by atoms with E-state index in [0.29, 0.717) is 17.7 Å². The predicted molar refractivity (Wildman–Crippen MR) is 93.9 cm³/mol. The molecule has 7 nitrogen and oxygen atoms in total. The Kier molecular flexibility index (Phi) is 5.72. The number of Topliss-reactive ketones (excluding diaryl/α,β-unsaturated/α-hetero) is 2. The van der Waals surface area contributed by atoms with Crippen LogP contribution in [0.2, 0.25) is 0 Å². The number of amides is 1. The highest BCUT2D eigenvalue weighted by Crippen LogP contribution is 2.37. The van der Waals surface area contributed by atoms with Crippen molar-refractivity contribution in [1.82, 2.24) is 5.32 Å². The number of carbonyl (C=O) groups excluding carboxylic acids is 3. The molecule has 1 aromatic rings. The van der Waals surface area contributed by atoms with Crippen LogP contribution in [-0.4, -0.2) is 48.8 Å². The summed E-state index contributed by atoms with van der Waals surface area (Å²) in [6, 6.07) is 5.07. The van der Waals surface area contributed by atoms with Gasteiger partial charge in [0.15, 0.2) is 17.5 Å². The van der Waals surface area contributed by atoms with E-state index in [1.165, 1.54) is 0 Å². The molecule has 0 aliphatic heterocycles. The zero-order valence-electron chi connectivity index (χ0n) is 14.9. The molecule has 0 aromatic heterocycles. The lowest BCUT2D eigenvalue weighted by Crippen LogP contribution is -2.51. The number of fused-ring (bicyclic) bond motifs is 1. The minimum absolute atomic E-state index is 0.300. The summed E-state index contributed by atoms with van der Waals surface area (Å²) in [5, 5.41) is 10.8. The maximum atomic E-state index is 12.8. The first kappa shape index (κ1) is 19.5. The van der Waals surface area contributed by atoms with Crippen molar-refractivity contribution in [3.8, 4) is 0 Å². The fourth-order valence-corrected chi connectivity index (χ4v) is 2.95. The van der Waals surface area contributed by atoms with Crippen LogP contribution < -0.4 is 5.32 Å². The topological polar surface area (TPSA) is 110 Å². The van der Waals surface area contributed by atoms with Crippen LogP contribution in [0.15, 0.2) is 24.3 Å². The van der Waals surface area contributed by atoms with Gasteiger partial charge < -0.3 is 15.2 Å². The average Bonchev–Trinajstić information content (AvgIpc) is 2.59. The van der Waals surface area contributed by atoms with Crippen molar-refractivity contribution in [3.05, 3.63) is 41.0 Å². The number of carboxylic acid groups (broad SMARTS) is 1. The quantitative estimate of drug-likeness (QED) is 0.739. The SMILES string of the molecule is COC/C=C/c1ccc2c(c1)C(C)(C)C(=O)C(C(=O)NCC(=O)O)C2=O. The van der Waals surface area contributed by atoms with Crippen LogP contribution in [0, 0.1) is 5.92 Å². The van der Waals surface area contributed by atoms with Crippen molar-refractivity contribution >= 4 is 29.5 Å². The monoisotopic (exact) mass is 359 g/mol. The Bertz CT molecular complexity index is 793. The van der Waals surface area contributed by atoms with Gasteiger partial charge in [0.25, 0.3) is 0 Å². The number of hydrogen-bond acceptors (Lipinski definition) is 5. The lowest BCUT2D eigenvalue weighted by Gasteiger charge is -2.34. The van der Waals surface area contributed by atoms with Gasteiger partial charge in [-0.1, -0.05) is 30.4 Å². The summed E-state index contributed by atoms with van der Waals surface area (Å²) in [7, 11) is 1.58. The number of ether oxygens (including phenoxy) is 1. The minimum Gasteiger partial charge on any atom is -0.480 e. The summed E-state index contributed by atoms with van der Waals surface area (Å²) in [5.74, 6) is -4.83. The molecular formula is C19H21NO6. The molecule has 0 saturated carbocycles. The Balaban J connectivity index is 2.41. The van der Waals surface area contributed by atoms with Crippen molar-refractivity contribution in [2.45, 2.75) is 19.3 Å². The Morgan fingerprint density at radius 3 is 2.62 bits per heavy atom. The zero-order chi connectivity index (χ0) is 19.5. The molecule has 0 radical (unpaired) electrons. The van der Waals surface area contributed by atoms with Gasteiger partial charge in [0.1, 0.15) is 6.54 Å². The second kappa shape index (κ2) is 7.61. The molecule has 1 aliphatic rings. The van der Waals surface area contributed by atoms with Gasteiger partial charge in [-0.2, -0.15) is 0 Å². The Morgan fingerprint density at radius 2 is 2.00 bits per heavy atom. The number of nitrogens with one attached hydrogen (secondary N) is 1. The third-order valence-electron chi connectivity index (χ3n) is 4.37. The van der Waals surface area contributed by atoms with E-state index in [1.54, 1.807) is 39.2 Å². The van der Waals surface area contributed by atoms with Crippen LogP contribution in [-0.2, 0) is 24.5 Å². The van der Waals surface area contributed by atoms with E-state index >= 15 is 0 Å². The van der Waals surface area contributed by atoms with Crippen LogP contribution in [0.5, 0.6) is 0 Å². The Morgan fingerprint density at radius 1 is 1.31 bits per heavy atom. The van der Waals surface area contributed by atoms with E-state index in [9.17, 15) is 19.2 Å². The highest BCUT2D eigenvalue weighted by atomic mass is 16.5. The van der Waals surface area contributed by atoms with Crippen LogP contribution >= 0.6 is 0 Å².